The molecular weight excluding hydrogens is 270 g/mol. The highest BCUT2D eigenvalue weighted by Crippen LogP contribution is 2.23. The van der Waals surface area contributed by atoms with E-state index >= 15 is 0 Å². The summed E-state index contributed by atoms with van der Waals surface area (Å²) >= 11 is 3.09. The quantitative estimate of drug-likeness (QED) is 0.854. The van der Waals surface area contributed by atoms with Crippen LogP contribution in [0.4, 0.5) is 6.01 Å². The van der Waals surface area contributed by atoms with E-state index in [1.807, 2.05) is 31.4 Å². The molecule has 2 rings (SSSR count). The highest BCUT2D eigenvalue weighted by atomic mass is 32.2. The Labute approximate surface area is 113 Å². The van der Waals surface area contributed by atoms with E-state index in [9.17, 15) is 4.79 Å². The molecule has 0 atom stereocenters. The first-order valence-electron chi connectivity index (χ1n) is 5.44. The van der Waals surface area contributed by atoms with E-state index in [-0.39, 0.29) is 17.8 Å². The van der Waals surface area contributed by atoms with Crippen LogP contribution in [-0.4, -0.2) is 21.9 Å². The first kappa shape index (κ1) is 13.1. The van der Waals surface area contributed by atoms with Gasteiger partial charge in [0.2, 0.25) is 11.8 Å². The zero-order valence-electron chi connectivity index (χ0n) is 10.0. The molecule has 0 aromatic carbocycles. The lowest BCUT2D eigenvalue weighted by molar-refractivity contribution is -0.113. The molecule has 1 N–H and O–H groups in total. The average Bonchev–Trinajstić information content (AvgIpc) is 2.96. The number of carbonyl (C=O) groups excluding carboxylic acids is 1. The summed E-state index contributed by atoms with van der Waals surface area (Å²) in [5.41, 5.74) is 0. The lowest BCUT2D eigenvalue weighted by atomic mass is 10.2. The summed E-state index contributed by atoms with van der Waals surface area (Å²) in [5.74, 6) is 0.868. The monoisotopic (exact) mass is 283 g/mol. The summed E-state index contributed by atoms with van der Waals surface area (Å²) in [5, 5.41) is 12.2. The first-order chi connectivity index (χ1) is 8.65. The second-order valence-corrected chi connectivity index (χ2v) is 6.09. The number of anilines is 1. The van der Waals surface area contributed by atoms with Gasteiger partial charge in [-0.25, -0.2) is 0 Å². The fourth-order valence-electron chi connectivity index (χ4n) is 1.16. The average molecular weight is 283 g/mol. The minimum absolute atomic E-state index is 0.146. The van der Waals surface area contributed by atoms with Crippen LogP contribution in [0.15, 0.2) is 26.1 Å². The predicted molar refractivity (Wildman–Crippen MR) is 72.1 cm³/mol. The van der Waals surface area contributed by atoms with Crippen LogP contribution in [0.5, 0.6) is 0 Å². The van der Waals surface area contributed by atoms with Crippen LogP contribution in [0.25, 0.3) is 0 Å². The van der Waals surface area contributed by atoms with Crippen molar-refractivity contribution in [2.24, 2.45) is 0 Å². The molecule has 2 aromatic rings. The maximum Gasteiger partial charge on any atom is 0.322 e. The third-order valence-corrected chi connectivity index (χ3v) is 4.15. The smallest absolute Gasteiger partial charge is 0.322 e. The molecule has 2 aromatic heterocycles. The second-order valence-electron chi connectivity index (χ2n) is 3.87. The Kier molecular flexibility index (Phi) is 4.38. The van der Waals surface area contributed by atoms with Gasteiger partial charge in [0, 0.05) is 5.92 Å². The van der Waals surface area contributed by atoms with E-state index in [1.54, 1.807) is 11.3 Å². The van der Waals surface area contributed by atoms with Crippen molar-refractivity contribution in [3.63, 3.8) is 0 Å². The zero-order valence-corrected chi connectivity index (χ0v) is 11.7. The minimum atomic E-state index is -0.146. The number of rotatable bonds is 5. The van der Waals surface area contributed by atoms with Crippen molar-refractivity contribution < 1.29 is 9.21 Å². The van der Waals surface area contributed by atoms with Gasteiger partial charge in [-0.1, -0.05) is 25.0 Å². The third-order valence-electron chi connectivity index (χ3n) is 2.02. The van der Waals surface area contributed by atoms with E-state index < -0.39 is 0 Å². The molecule has 96 valence electrons. The molecule has 1 amide bonds. The Morgan fingerprint density at radius 2 is 2.39 bits per heavy atom. The Morgan fingerprint density at radius 3 is 3.00 bits per heavy atom. The fourth-order valence-corrected chi connectivity index (χ4v) is 2.74. The van der Waals surface area contributed by atoms with E-state index in [0.717, 1.165) is 4.21 Å². The molecule has 5 nitrogen and oxygen atoms in total. The summed E-state index contributed by atoms with van der Waals surface area (Å²) < 4.78 is 6.40. The predicted octanol–water partition coefficient (Wildman–Crippen LogP) is 2.99. The zero-order chi connectivity index (χ0) is 13.0. The van der Waals surface area contributed by atoms with Gasteiger partial charge in [-0.15, -0.1) is 28.2 Å². The van der Waals surface area contributed by atoms with Crippen molar-refractivity contribution in [2.45, 2.75) is 24.0 Å². The molecule has 18 heavy (non-hydrogen) atoms. The van der Waals surface area contributed by atoms with Gasteiger partial charge in [-0.3, -0.25) is 10.1 Å². The van der Waals surface area contributed by atoms with Crippen LogP contribution in [0.3, 0.4) is 0 Å². The molecule has 0 bridgehead atoms. The molecule has 0 saturated heterocycles. The van der Waals surface area contributed by atoms with Gasteiger partial charge in [0.25, 0.3) is 0 Å². The third kappa shape index (κ3) is 3.58. The van der Waals surface area contributed by atoms with Crippen LogP contribution in [0.2, 0.25) is 0 Å². The van der Waals surface area contributed by atoms with E-state index in [2.05, 4.69) is 15.5 Å². The number of thiophene rings is 1. The van der Waals surface area contributed by atoms with Crippen molar-refractivity contribution in [3.8, 4) is 0 Å². The number of nitrogens with one attached hydrogen (secondary N) is 1. The SMILES string of the molecule is CC(C)c1nnc(NC(=O)CSc2cccs2)o1. The Hall–Kier alpha value is -1.34. The fraction of sp³-hybridized carbons (Fsp3) is 0.364. The summed E-state index contributed by atoms with van der Waals surface area (Å²) in [6.07, 6.45) is 0. The van der Waals surface area contributed by atoms with Gasteiger partial charge in [0.15, 0.2) is 0 Å². The molecule has 0 spiro atoms. The first-order valence-corrected chi connectivity index (χ1v) is 7.31. The van der Waals surface area contributed by atoms with Gasteiger partial charge in [0.05, 0.1) is 9.96 Å². The molecule has 0 unspecified atom stereocenters. The van der Waals surface area contributed by atoms with Crippen LogP contribution < -0.4 is 5.32 Å². The summed E-state index contributed by atoms with van der Waals surface area (Å²) in [7, 11) is 0. The van der Waals surface area contributed by atoms with E-state index in [0.29, 0.717) is 11.6 Å². The van der Waals surface area contributed by atoms with Crippen LogP contribution in [0, 0.1) is 0 Å². The maximum absolute atomic E-state index is 11.6. The van der Waals surface area contributed by atoms with Crippen LogP contribution in [0.1, 0.15) is 25.7 Å². The molecule has 0 saturated carbocycles. The Morgan fingerprint density at radius 1 is 1.56 bits per heavy atom. The summed E-state index contributed by atoms with van der Waals surface area (Å²) in [4.78, 5) is 11.6. The number of hydrogen-bond donors (Lipinski definition) is 1. The number of hydrogen-bond acceptors (Lipinski definition) is 6. The highest BCUT2D eigenvalue weighted by Gasteiger charge is 2.12. The normalized spacial score (nSPS) is 10.8. The van der Waals surface area contributed by atoms with Gasteiger partial charge in [-0.2, -0.15) is 0 Å². The highest BCUT2D eigenvalue weighted by molar-refractivity contribution is 8.01. The summed E-state index contributed by atoms with van der Waals surface area (Å²) in [6, 6.07) is 4.10. The number of carbonyl (C=O) groups is 1. The molecule has 0 aliphatic carbocycles. The van der Waals surface area contributed by atoms with Crippen LogP contribution in [-0.2, 0) is 4.79 Å². The van der Waals surface area contributed by atoms with Gasteiger partial charge < -0.3 is 4.42 Å². The van der Waals surface area contributed by atoms with E-state index in [1.165, 1.54) is 11.8 Å². The number of thioether (sulfide) groups is 1. The lowest BCUT2D eigenvalue weighted by Crippen LogP contribution is -2.14. The topological polar surface area (TPSA) is 68.0 Å². The second kappa shape index (κ2) is 6.01. The molecule has 7 heteroatoms. The van der Waals surface area contributed by atoms with Crippen molar-refractivity contribution in [3.05, 3.63) is 23.4 Å². The van der Waals surface area contributed by atoms with Gasteiger partial charge in [-0.05, 0) is 11.4 Å². The summed E-state index contributed by atoms with van der Waals surface area (Å²) in [6.45, 7) is 3.90. The molecule has 0 fully saturated rings. The van der Waals surface area contributed by atoms with Crippen molar-refractivity contribution in [1.82, 2.24) is 10.2 Å². The Bertz CT molecular complexity index is 508. The van der Waals surface area contributed by atoms with Gasteiger partial charge in [0.1, 0.15) is 0 Å². The number of amides is 1. The maximum atomic E-state index is 11.6. The van der Waals surface area contributed by atoms with Gasteiger partial charge >= 0.3 is 6.01 Å². The standard InChI is InChI=1S/C11H13N3O2S2/c1-7(2)10-13-14-11(16-10)12-8(15)6-18-9-4-3-5-17-9/h3-5,7H,6H2,1-2H3,(H,12,14,15). The van der Waals surface area contributed by atoms with E-state index in [4.69, 9.17) is 4.42 Å². The number of aromatic nitrogens is 2. The molecule has 0 aliphatic heterocycles. The van der Waals surface area contributed by atoms with Crippen molar-refractivity contribution in [2.75, 3.05) is 11.1 Å². The number of nitrogens with zero attached hydrogens (tertiary/aromatic N) is 2. The molecular formula is C11H13N3O2S2. The lowest BCUT2D eigenvalue weighted by Gasteiger charge is -1.99. The molecule has 2 heterocycles. The van der Waals surface area contributed by atoms with Crippen molar-refractivity contribution >= 4 is 35.0 Å². The molecule has 0 aliphatic rings. The largest absolute Gasteiger partial charge is 0.408 e. The van der Waals surface area contributed by atoms with Crippen LogP contribution >= 0.6 is 23.1 Å². The minimum Gasteiger partial charge on any atom is -0.408 e. The van der Waals surface area contributed by atoms with Crippen molar-refractivity contribution in [1.29, 1.82) is 0 Å². The molecule has 0 radical (unpaired) electrons. The Balaban J connectivity index is 1.83.